The van der Waals surface area contributed by atoms with Gasteiger partial charge in [0.05, 0.1) is 25.4 Å². The lowest BCUT2D eigenvalue weighted by Gasteiger charge is -2.29. The van der Waals surface area contributed by atoms with E-state index < -0.39 is 94.6 Å². The van der Waals surface area contributed by atoms with Crippen LogP contribution in [-0.4, -0.2) is 95.2 Å². The topological polar surface area (TPSA) is 268 Å². The van der Waals surface area contributed by atoms with E-state index in [4.69, 9.17) is 9.26 Å². The Bertz CT molecular complexity index is 1190. The van der Waals surface area contributed by atoms with Crippen LogP contribution in [-0.2, 0) is 27.2 Å². The average molecular weight is 574 g/mol. The summed E-state index contributed by atoms with van der Waals surface area (Å²) in [6.07, 6.45) is -7.36. The Morgan fingerprint density at radius 2 is 1.65 bits per heavy atom. The third-order valence-corrected chi connectivity index (χ3v) is 9.54. The fourth-order valence-electron chi connectivity index (χ4n) is 4.98. The summed E-state index contributed by atoms with van der Waals surface area (Å²) >= 11 is 0. The number of aromatic amines is 1. The highest BCUT2D eigenvalue weighted by molar-refractivity contribution is 7.61. The van der Waals surface area contributed by atoms with E-state index in [0.717, 1.165) is 16.8 Å². The van der Waals surface area contributed by atoms with E-state index in [-0.39, 0.29) is 12.5 Å². The summed E-state index contributed by atoms with van der Waals surface area (Å²) in [5.41, 5.74) is -1.67. The number of phosphoric ester groups is 2. The Morgan fingerprint density at radius 1 is 1.00 bits per heavy atom. The summed E-state index contributed by atoms with van der Waals surface area (Å²) in [5.74, 6) is -1.65. The molecule has 19 heteroatoms. The van der Waals surface area contributed by atoms with E-state index in [2.05, 4.69) is 8.83 Å². The van der Waals surface area contributed by atoms with Gasteiger partial charge in [-0.15, -0.1) is 0 Å². The molecule has 1 aliphatic heterocycles. The molecule has 3 aliphatic rings. The molecule has 2 aliphatic carbocycles. The second-order valence-corrected chi connectivity index (χ2v) is 12.3. The lowest BCUT2D eigenvalue weighted by molar-refractivity contribution is -0.0657. The first kappa shape index (κ1) is 28.7. The van der Waals surface area contributed by atoms with Crippen LogP contribution in [0, 0.1) is 23.7 Å². The minimum absolute atomic E-state index is 0.192. The number of hydrogen-bond acceptors (Lipinski definition) is 13. The quantitative estimate of drug-likeness (QED) is 0.129. The van der Waals surface area contributed by atoms with Gasteiger partial charge in [-0.2, -0.15) is 4.31 Å². The van der Waals surface area contributed by atoms with Crippen LogP contribution in [0.2, 0.25) is 0 Å². The summed E-state index contributed by atoms with van der Waals surface area (Å²) in [5, 5.41) is 49.8. The van der Waals surface area contributed by atoms with Gasteiger partial charge in [-0.3, -0.25) is 23.4 Å². The highest BCUT2D eigenvalue weighted by atomic mass is 31.3. The van der Waals surface area contributed by atoms with Crippen molar-refractivity contribution in [3.63, 3.8) is 0 Å². The maximum atomic E-state index is 12.2. The molecule has 8 N–H and O–H groups in total. The molecular weight excluding hydrogens is 546 g/mol. The molecule has 17 nitrogen and oxygen atoms in total. The molecule has 0 aromatic carbocycles. The SMILES string of the molecule is O=c1ccn([C@@H]2O[C@H](COP(=O)(O)OP(=O)(O)OC[C@@H]3[C@H]4C[C@H](CO)[C@@H](O)[C@H](O)[C@@H]34)[C@@H](O)[C@H]2O)c(=O)[nH]1. The zero-order chi connectivity index (χ0) is 27.3. The molecule has 0 radical (unpaired) electrons. The largest absolute Gasteiger partial charge is 0.481 e. The van der Waals surface area contributed by atoms with Gasteiger partial charge in [0.1, 0.15) is 18.3 Å². The molecule has 3 fully saturated rings. The zero-order valence-corrected chi connectivity index (χ0v) is 20.8. The van der Waals surface area contributed by atoms with Gasteiger partial charge in [-0.1, -0.05) is 0 Å². The minimum Gasteiger partial charge on any atom is -0.396 e. The molecular formula is C18H28N2O15P2. The van der Waals surface area contributed by atoms with Gasteiger partial charge in [0.2, 0.25) is 0 Å². The van der Waals surface area contributed by atoms with Gasteiger partial charge in [0.15, 0.2) is 6.23 Å². The van der Waals surface area contributed by atoms with Crippen molar-refractivity contribution in [3.8, 4) is 0 Å². The summed E-state index contributed by atoms with van der Waals surface area (Å²) in [4.78, 5) is 44.8. The van der Waals surface area contributed by atoms with Crippen LogP contribution in [0.25, 0.3) is 0 Å². The molecule has 2 saturated carbocycles. The van der Waals surface area contributed by atoms with E-state index in [1.54, 1.807) is 0 Å². The van der Waals surface area contributed by atoms with Gasteiger partial charge in [-0.25, -0.2) is 13.9 Å². The fraction of sp³-hybridized carbons (Fsp3) is 0.778. The van der Waals surface area contributed by atoms with Crippen LogP contribution in [0.1, 0.15) is 12.6 Å². The number of fused-ring (bicyclic) bond motifs is 1. The van der Waals surface area contributed by atoms with E-state index >= 15 is 0 Å². The number of nitrogens with one attached hydrogen (secondary N) is 1. The van der Waals surface area contributed by atoms with Crippen LogP contribution >= 0.6 is 15.6 Å². The third-order valence-electron chi connectivity index (χ3n) is 6.94. The summed E-state index contributed by atoms with van der Waals surface area (Å²) in [7, 11) is -10.4. The first-order valence-electron chi connectivity index (χ1n) is 11.2. The van der Waals surface area contributed by atoms with Gasteiger partial charge in [0.25, 0.3) is 5.56 Å². The molecule has 1 aromatic heterocycles. The Morgan fingerprint density at radius 3 is 2.27 bits per heavy atom. The standard InChI is InChI=1S/C18H28N2O15P2/c21-4-7-3-8-9(12(8)15(25)13(7)23)5-32-36(28,29)35-37(30,31)33-6-10-14(24)16(26)17(34-10)20-2-1-11(22)19-18(20)27/h1-2,7-10,12-17,21,23-26H,3-6H2,(H,28,29)(H,30,31)(H,19,22,27)/t7-,8-,9-,10-,12-,13-,14-,15-,16-,17-/m1/s1. The number of aromatic nitrogens is 2. The van der Waals surface area contributed by atoms with E-state index in [9.17, 15) is 54.0 Å². The molecule has 1 aromatic rings. The lowest BCUT2D eigenvalue weighted by atomic mass is 9.85. The molecule has 1 saturated heterocycles. The highest BCUT2D eigenvalue weighted by Crippen LogP contribution is 2.63. The number of rotatable bonds is 10. The molecule has 4 rings (SSSR count). The molecule has 0 spiro atoms. The average Bonchev–Trinajstić information content (AvgIpc) is 3.44. The molecule has 0 amide bonds. The maximum absolute atomic E-state index is 12.2. The normalized spacial score (nSPS) is 40.5. The smallest absolute Gasteiger partial charge is 0.396 e. The van der Waals surface area contributed by atoms with Crippen molar-refractivity contribution >= 4 is 15.6 Å². The predicted molar refractivity (Wildman–Crippen MR) is 118 cm³/mol. The summed E-state index contributed by atoms with van der Waals surface area (Å²) < 4.78 is 44.1. The summed E-state index contributed by atoms with van der Waals surface area (Å²) in [6, 6.07) is 0.965. The zero-order valence-electron chi connectivity index (χ0n) is 19.0. The van der Waals surface area contributed by atoms with Crippen molar-refractivity contribution < 1.29 is 62.5 Å². The highest BCUT2D eigenvalue weighted by Gasteiger charge is 2.60. The van der Waals surface area contributed by atoms with E-state index in [1.165, 1.54) is 0 Å². The number of phosphoric acid groups is 2. The maximum Gasteiger partial charge on any atom is 0.481 e. The van der Waals surface area contributed by atoms with Crippen molar-refractivity contribution in [2.45, 2.75) is 43.2 Å². The van der Waals surface area contributed by atoms with Gasteiger partial charge in [-0.05, 0) is 24.2 Å². The van der Waals surface area contributed by atoms with Gasteiger partial charge >= 0.3 is 21.3 Å². The van der Waals surface area contributed by atoms with Crippen LogP contribution in [0.4, 0.5) is 0 Å². The first-order chi connectivity index (χ1) is 17.2. The van der Waals surface area contributed by atoms with Crippen LogP contribution in [0.3, 0.4) is 0 Å². The molecule has 2 heterocycles. The summed E-state index contributed by atoms with van der Waals surface area (Å²) in [6.45, 7) is -1.71. The molecule has 0 bridgehead atoms. The van der Waals surface area contributed by atoms with E-state index in [0.29, 0.717) is 6.42 Å². The van der Waals surface area contributed by atoms with Crippen molar-refractivity contribution in [1.29, 1.82) is 0 Å². The Hall–Kier alpha value is -1.30. The van der Waals surface area contributed by atoms with Crippen LogP contribution in [0.5, 0.6) is 0 Å². The van der Waals surface area contributed by atoms with Crippen LogP contribution in [0.15, 0.2) is 21.9 Å². The first-order valence-corrected chi connectivity index (χ1v) is 14.2. The van der Waals surface area contributed by atoms with Crippen molar-refractivity contribution in [3.05, 3.63) is 33.1 Å². The number of aliphatic hydroxyl groups excluding tert-OH is 5. The van der Waals surface area contributed by atoms with E-state index in [1.807, 2.05) is 4.98 Å². The van der Waals surface area contributed by atoms with Gasteiger partial charge < -0.3 is 40.1 Å². The van der Waals surface area contributed by atoms with Crippen molar-refractivity contribution in [2.24, 2.45) is 23.7 Å². The second kappa shape index (κ2) is 10.7. The Labute approximate surface area is 208 Å². The Kier molecular flexibility index (Phi) is 8.30. The molecule has 2 unspecified atom stereocenters. The molecule has 37 heavy (non-hydrogen) atoms. The predicted octanol–water partition coefficient (Wildman–Crippen LogP) is -3.00. The number of aliphatic hydroxyl groups is 5. The fourth-order valence-corrected chi connectivity index (χ4v) is 7.09. The van der Waals surface area contributed by atoms with Crippen molar-refractivity contribution in [1.82, 2.24) is 9.55 Å². The number of ether oxygens (including phenoxy) is 1. The second-order valence-electron chi connectivity index (χ2n) is 9.24. The lowest BCUT2D eigenvalue weighted by Crippen LogP contribution is -2.40. The van der Waals surface area contributed by atoms with Crippen LogP contribution < -0.4 is 11.2 Å². The molecule has 12 atom stereocenters. The number of H-pyrrole nitrogens is 1. The molecule has 210 valence electrons. The van der Waals surface area contributed by atoms with Gasteiger partial charge in [0, 0.05) is 24.8 Å². The minimum atomic E-state index is -5.28. The Balaban J connectivity index is 1.29. The number of hydrogen-bond donors (Lipinski definition) is 8. The van der Waals surface area contributed by atoms with Crippen molar-refractivity contribution in [2.75, 3.05) is 19.8 Å². The number of nitrogens with zero attached hydrogens (tertiary/aromatic N) is 1. The third kappa shape index (κ3) is 6.15. The monoisotopic (exact) mass is 574 g/mol.